The molecule has 2 nitrogen and oxygen atoms in total. The smallest absolute Gasteiger partial charge is 0.120 e. The molecule has 0 amide bonds. The second-order valence-electron chi connectivity index (χ2n) is 2.56. The van der Waals surface area contributed by atoms with Crippen molar-refractivity contribution in [2.45, 2.75) is 6.92 Å². The Morgan fingerprint density at radius 2 is 2.30 bits per heavy atom. The highest BCUT2D eigenvalue weighted by molar-refractivity contribution is 5.91. The van der Waals surface area contributed by atoms with Gasteiger partial charge in [0.05, 0.1) is 0 Å². The Balaban J connectivity index is 2.81. The van der Waals surface area contributed by atoms with Gasteiger partial charge in [0, 0.05) is 13.6 Å². The van der Waals surface area contributed by atoms with Crippen molar-refractivity contribution < 1.29 is 0 Å². The van der Waals surface area contributed by atoms with Gasteiger partial charge in [-0.05, 0) is 18.6 Å². The number of nitrogens with one attached hydrogen (secondary N) is 1. The molecule has 0 atom stereocenters. The molecule has 0 saturated heterocycles. The number of hydrogen-bond acceptors (Lipinski definition) is 1. The maximum Gasteiger partial charge on any atom is 0.120 e. The van der Waals surface area contributed by atoms with Gasteiger partial charge < -0.3 is 4.90 Å². The van der Waals surface area contributed by atoms with Crippen molar-refractivity contribution in [3.63, 3.8) is 0 Å². The maximum absolute atomic E-state index is 7.47. The summed E-state index contributed by atoms with van der Waals surface area (Å²) in [6.07, 6.45) is 5.97. The molecule has 1 heterocycles. The summed E-state index contributed by atoms with van der Waals surface area (Å²) < 4.78 is 0. The zero-order chi connectivity index (χ0) is 7.56. The molecular formula is C8H12N2. The fourth-order valence-electron chi connectivity index (χ4n) is 0.869. The molecule has 0 saturated carbocycles. The summed E-state index contributed by atoms with van der Waals surface area (Å²) in [6, 6.07) is 0. The number of hydrogen-bond donors (Lipinski definition) is 1. The van der Waals surface area contributed by atoms with E-state index in [4.69, 9.17) is 5.41 Å². The van der Waals surface area contributed by atoms with Crippen molar-refractivity contribution >= 4 is 5.84 Å². The van der Waals surface area contributed by atoms with Crippen molar-refractivity contribution in [2.24, 2.45) is 0 Å². The van der Waals surface area contributed by atoms with E-state index in [2.05, 4.69) is 6.08 Å². The third-order valence-corrected chi connectivity index (χ3v) is 1.54. The molecule has 54 valence electrons. The molecule has 0 aliphatic carbocycles. The second kappa shape index (κ2) is 2.69. The first-order chi connectivity index (χ1) is 4.70. The molecule has 0 bridgehead atoms. The number of amidine groups is 1. The van der Waals surface area contributed by atoms with Crippen LogP contribution in [-0.2, 0) is 0 Å². The normalized spacial score (nSPS) is 18.8. The average Bonchev–Trinajstić information content (AvgIpc) is 1.96. The van der Waals surface area contributed by atoms with Gasteiger partial charge in [0.25, 0.3) is 0 Å². The predicted octanol–water partition coefficient (Wildman–Crippen LogP) is 1.41. The molecule has 0 aromatic rings. The van der Waals surface area contributed by atoms with Crippen LogP contribution in [0.4, 0.5) is 0 Å². The summed E-state index contributed by atoms with van der Waals surface area (Å²) >= 11 is 0. The Kier molecular flexibility index (Phi) is 1.90. The minimum absolute atomic E-state index is 0.586. The van der Waals surface area contributed by atoms with E-state index in [0.29, 0.717) is 5.84 Å². The average molecular weight is 136 g/mol. The number of rotatable bonds is 0. The first kappa shape index (κ1) is 7.06. The van der Waals surface area contributed by atoms with E-state index in [-0.39, 0.29) is 0 Å². The molecule has 0 spiro atoms. The van der Waals surface area contributed by atoms with Gasteiger partial charge in [-0.1, -0.05) is 12.2 Å². The number of nitrogens with zero attached hydrogens (tertiary/aromatic N) is 1. The molecular weight excluding hydrogens is 124 g/mol. The van der Waals surface area contributed by atoms with Crippen LogP contribution in [0.5, 0.6) is 0 Å². The minimum Gasteiger partial charge on any atom is -0.356 e. The molecule has 1 aliphatic rings. The van der Waals surface area contributed by atoms with E-state index < -0.39 is 0 Å². The zero-order valence-electron chi connectivity index (χ0n) is 6.39. The second-order valence-corrected chi connectivity index (χ2v) is 2.56. The predicted molar refractivity (Wildman–Crippen MR) is 43.3 cm³/mol. The monoisotopic (exact) mass is 136 g/mol. The van der Waals surface area contributed by atoms with Gasteiger partial charge in [-0.2, -0.15) is 0 Å². The van der Waals surface area contributed by atoms with E-state index in [0.717, 1.165) is 12.1 Å². The summed E-state index contributed by atoms with van der Waals surface area (Å²) in [5, 5.41) is 7.47. The van der Waals surface area contributed by atoms with Gasteiger partial charge in [-0.3, -0.25) is 5.41 Å². The lowest BCUT2D eigenvalue weighted by atomic mass is 10.3. The zero-order valence-corrected chi connectivity index (χ0v) is 6.39. The molecule has 1 rings (SSSR count). The number of likely N-dealkylation sites (N-methyl/N-ethyl adjacent to an activating group) is 1. The molecule has 0 aromatic carbocycles. The topological polar surface area (TPSA) is 27.1 Å². The van der Waals surface area contributed by atoms with Crippen LogP contribution in [0.1, 0.15) is 6.92 Å². The first-order valence-electron chi connectivity index (χ1n) is 3.34. The summed E-state index contributed by atoms with van der Waals surface area (Å²) in [6.45, 7) is 2.84. The van der Waals surface area contributed by atoms with Crippen LogP contribution in [0.3, 0.4) is 0 Å². The summed E-state index contributed by atoms with van der Waals surface area (Å²) in [5.41, 5.74) is 1.15. The van der Waals surface area contributed by atoms with E-state index in [1.165, 1.54) is 0 Å². The van der Waals surface area contributed by atoms with Crippen LogP contribution >= 0.6 is 0 Å². The lowest BCUT2D eigenvalue weighted by molar-refractivity contribution is 0.565. The van der Waals surface area contributed by atoms with Gasteiger partial charge in [-0.15, -0.1) is 0 Å². The molecule has 2 heteroatoms. The third kappa shape index (κ3) is 1.47. The Bertz CT molecular complexity index is 201. The van der Waals surface area contributed by atoms with Gasteiger partial charge in [0.2, 0.25) is 0 Å². The SMILES string of the molecule is CC1=CC(=N)N(C)CC=C1. The molecule has 0 fully saturated rings. The molecule has 0 unspecified atom stereocenters. The highest BCUT2D eigenvalue weighted by Gasteiger charge is 2.01. The summed E-state index contributed by atoms with van der Waals surface area (Å²) in [5.74, 6) is 0.586. The van der Waals surface area contributed by atoms with Crippen molar-refractivity contribution in [3.05, 3.63) is 23.8 Å². The van der Waals surface area contributed by atoms with Gasteiger partial charge in [-0.25, -0.2) is 0 Å². The van der Waals surface area contributed by atoms with Gasteiger partial charge in [0.15, 0.2) is 0 Å². The van der Waals surface area contributed by atoms with Crippen molar-refractivity contribution in [1.82, 2.24) is 4.90 Å². The Labute approximate surface area is 61.4 Å². The first-order valence-corrected chi connectivity index (χ1v) is 3.34. The van der Waals surface area contributed by atoms with Crippen molar-refractivity contribution in [2.75, 3.05) is 13.6 Å². The Morgan fingerprint density at radius 1 is 1.60 bits per heavy atom. The Morgan fingerprint density at radius 3 is 3.00 bits per heavy atom. The third-order valence-electron chi connectivity index (χ3n) is 1.54. The van der Waals surface area contributed by atoms with E-state index in [1.54, 1.807) is 0 Å². The summed E-state index contributed by atoms with van der Waals surface area (Å²) in [4.78, 5) is 1.90. The highest BCUT2D eigenvalue weighted by atomic mass is 15.1. The van der Waals surface area contributed by atoms with Gasteiger partial charge in [0.1, 0.15) is 5.84 Å². The summed E-state index contributed by atoms with van der Waals surface area (Å²) in [7, 11) is 1.92. The molecule has 1 aliphatic heterocycles. The standard InChI is InChI=1S/C8H12N2/c1-7-4-3-5-10(2)8(9)6-7/h3-4,6,9H,5H2,1-2H3. The van der Waals surface area contributed by atoms with E-state index >= 15 is 0 Å². The maximum atomic E-state index is 7.47. The van der Waals surface area contributed by atoms with Crippen molar-refractivity contribution in [1.29, 1.82) is 5.41 Å². The van der Waals surface area contributed by atoms with Crippen LogP contribution in [-0.4, -0.2) is 24.3 Å². The Hall–Kier alpha value is -1.05. The van der Waals surface area contributed by atoms with E-state index in [9.17, 15) is 0 Å². The minimum atomic E-state index is 0.586. The van der Waals surface area contributed by atoms with Crippen LogP contribution in [0, 0.1) is 5.41 Å². The van der Waals surface area contributed by atoms with Crippen LogP contribution in [0.25, 0.3) is 0 Å². The lowest BCUT2D eigenvalue weighted by Crippen LogP contribution is -2.23. The number of allylic oxidation sites excluding steroid dienone is 2. The highest BCUT2D eigenvalue weighted by Crippen LogP contribution is 2.02. The van der Waals surface area contributed by atoms with Gasteiger partial charge >= 0.3 is 0 Å². The van der Waals surface area contributed by atoms with Crippen LogP contribution < -0.4 is 0 Å². The molecule has 0 radical (unpaired) electrons. The molecule has 10 heavy (non-hydrogen) atoms. The van der Waals surface area contributed by atoms with E-state index in [1.807, 2.05) is 31.0 Å². The molecule has 1 N–H and O–H groups in total. The fraction of sp³-hybridized carbons (Fsp3) is 0.375. The fourth-order valence-corrected chi connectivity index (χ4v) is 0.869. The van der Waals surface area contributed by atoms with Crippen LogP contribution in [0.15, 0.2) is 23.8 Å². The van der Waals surface area contributed by atoms with Crippen LogP contribution in [0.2, 0.25) is 0 Å². The largest absolute Gasteiger partial charge is 0.356 e. The van der Waals surface area contributed by atoms with Crippen molar-refractivity contribution in [3.8, 4) is 0 Å². The molecule has 0 aromatic heterocycles. The quantitative estimate of drug-likeness (QED) is 0.535. The lowest BCUT2D eigenvalue weighted by Gasteiger charge is -2.13.